The van der Waals surface area contributed by atoms with Gasteiger partial charge in [0.25, 0.3) is 0 Å². The maximum Gasteiger partial charge on any atom is 0.244 e. The molecule has 0 aliphatic carbocycles. The molecule has 2 aromatic rings. The third kappa shape index (κ3) is 2.96. The minimum Gasteiger partial charge on any atom is -0.472 e. The summed E-state index contributed by atoms with van der Waals surface area (Å²) in [5.74, 6) is -0.849. The molecule has 1 heterocycles. The minimum atomic E-state index is -3.96. The van der Waals surface area contributed by atoms with Crippen LogP contribution < -0.4 is 0 Å². The van der Waals surface area contributed by atoms with Crippen LogP contribution in [0.2, 0.25) is 0 Å². The number of benzene rings is 1. The zero-order valence-electron chi connectivity index (χ0n) is 11.3. The van der Waals surface area contributed by atoms with Crippen LogP contribution in [-0.4, -0.2) is 19.3 Å². The molecular weight excluding hydrogens is 295 g/mol. The Morgan fingerprint density at radius 3 is 2.71 bits per heavy atom. The second-order valence-corrected chi connectivity index (χ2v) is 6.19. The van der Waals surface area contributed by atoms with Crippen molar-refractivity contribution in [3.8, 4) is 6.07 Å². The molecule has 2 rings (SSSR count). The summed E-state index contributed by atoms with van der Waals surface area (Å²) in [6.45, 7) is 1.95. The van der Waals surface area contributed by atoms with Gasteiger partial charge in [-0.15, -0.1) is 0 Å². The lowest BCUT2D eigenvalue weighted by molar-refractivity contribution is 0.420. The van der Waals surface area contributed by atoms with Crippen LogP contribution in [0, 0.1) is 17.1 Å². The number of halogens is 1. The minimum absolute atomic E-state index is 0.0940. The Morgan fingerprint density at radius 1 is 1.38 bits per heavy atom. The van der Waals surface area contributed by atoms with Gasteiger partial charge in [0.15, 0.2) is 0 Å². The lowest BCUT2D eigenvalue weighted by Crippen LogP contribution is -2.31. The van der Waals surface area contributed by atoms with Crippen LogP contribution in [-0.2, 0) is 16.6 Å². The zero-order chi connectivity index (χ0) is 15.5. The molecule has 0 spiro atoms. The van der Waals surface area contributed by atoms with Gasteiger partial charge in [-0.1, -0.05) is 13.0 Å². The molecule has 0 N–H and O–H groups in total. The molecule has 7 heteroatoms. The SMILES string of the molecule is CCN(Cc1ccoc1)S(=O)(=O)c1cccc(F)c1C#N. The molecule has 0 radical (unpaired) electrons. The summed E-state index contributed by atoms with van der Waals surface area (Å²) < 4.78 is 44.9. The zero-order valence-corrected chi connectivity index (χ0v) is 12.1. The van der Waals surface area contributed by atoms with Crippen LogP contribution >= 0.6 is 0 Å². The number of nitriles is 1. The number of nitrogens with zero attached hydrogens (tertiary/aromatic N) is 2. The molecule has 0 amide bonds. The van der Waals surface area contributed by atoms with Gasteiger partial charge >= 0.3 is 0 Å². The normalized spacial score (nSPS) is 11.5. The quantitative estimate of drug-likeness (QED) is 0.850. The van der Waals surface area contributed by atoms with E-state index in [2.05, 4.69) is 0 Å². The maximum atomic E-state index is 13.6. The molecule has 1 aromatic carbocycles. The molecule has 5 nitrogen and oxygen atoms in total. The van der Waals surface area contributed by atoms with Crippen molar-refractivity contribution in [1.29, 1.82) is 5.26 Å². The number of rotatable bonds is 5. The lowest BCUT2D eigenvalue weighted by atomic mass is 10.2. The lowest BCUT2D eigenvalue weighted by Gasteiger charge is -2.20. The van der Waals surface area contributed by atoms with Gasteiger partial charge < -0.3 is 4.42 Å². The summed E-state index contributed by atoms with van der Waals surface area (Å²) in [4.78, 5) is -0.324. The standard InChI is InChI=1S/C14H13FN2O3S/c1-2-17(9-11-6-7-20-10-11)21(18,19)14-5-3-4-13(15)12(14)8-16/h3-7,10H,2,9H2,1H3. The molecule has 110 valence electrons. The monoisotopic (exact) mass is 308 g/mol. The maximum absolute atomic E-state index is 13.6. The van der Waals surface area contributed by atoms with Crippen molar-refractivity contribution < 1.29 is 17.2 Å². The molecule has 0 saturated carbocycles. The predicted octanol–water partition coefficient (Wildman–Crippen LogP) is 2.50. The van der Waals surface area contributed by atoms with Gasteiger partial charge in [0.05, 0.1) is 12.5 Å². The molecule has 0 aliphatic heterocycles. The van der Waals surface area contributed by atoms with E-state index >= 15 is 0 Å². The van der Waals surface area contributed by atoms with E-state index in [-0.39, 0.29) is 18.0 Å². The summed E-state index contributed by atoms with van der Waals surface area (Å²) in [6, 6.07) is 6.82. The molecule has 1 aromatic heterocycles. The Bertz CT molecular complexity index is 764. The largest absolute Gasteiger partial charge is 0.472 e. The van der Waals surface area contributed by atoms with Crippen molar-refractivity contribution in [2.75, 3.05) is 6.54 Å². The van der Waals surface area contributed by atoms with E-state index in [1.54, 1.807) is 19.1 Å². The van der Waals surface area contributed by atoms with Crippen molar-refractivity contribution in [3.05, 3.63) is 53.7 Å². The molecule has 0 fully saturated rings. The van der Waals surface area contributed by atoms with Crippen LogP contribution in [0.4, 0.5) is 4.39 Å². The second kappa shape index (κ2) is 6.08. The summed E-state index contributed by atoms with van der Waals surface area (Å²) in [7, 11) is -3.96. The van der Waals surface area contributed by atoms with Crippen molar-refractivity contribution >= 4 is 10.0 Å². The smallest absolute Gasteiger partial charge is 0.244 e. The molecule has 21 heavy (non-hydrogen) atoms. The fourth-order valence-corrected chi connectivity index (χ4v) is 3.51. The first-order valence-corrected chi connectivity index (χ1v) is 7.64. The molecule has 0 atom stereocenters. The number of sulfonamides is 1. The van der Waals surface area contributed by atoms with Gasteiger partial charge in [0.2, 0.25) is 10.0 Å². The van der Waals surface area contributed by atoms with Crippen molar-refractivity contribution in [2.45, 2.75) is 18.4 Å². The number of furan rings is 1. The second-order valence-electron chi connectivity index (χ2n) is 4.29. The van der Waals surface area contributed by atoms with E-state index in [0.29, 0.717) is 5.56 Å². The highest BCUT2D eigenvalue weighted by Gasteiger charge is 2.27. The summed E-state index contributed by atoms with van der Waals surface area (Å²) in [5, 5.41) is 8.99. The Kier molecular flexibility index (Phi) is 4.40. The predicted molar refractivity (Wildman–Crippen MR) is 73.1 cm³/mol. The summed E-state index contributed by atoms with van der Waals surface area (Å²) >= 11 is 0. The van der Waals surface area contributed by atoms with Crippen LogP contribution in [0.25, 0.3) is 0 Å². The van der Waals surface area contributed by atoms with Crippen molar-refractivity contribution in [2.24, 2.45) is 0 Å². The fourth-order valence-electron chi connectivity index (χ4n) is 1.92. The van der Waals surface area contributed by atoms with Crippen LogP contribution in [0.15, 0.2) is 46.1 Å². The van der Waals surface area contributed by atoms with Crippen molar-refractivity contribution in [1.82, 2.24) is 4.31 Å². The van der Waals surface area contributed by atoms with Gasteiger partial charge in [-0.25, -0.2) is 12.8 Å². The molecule has 0 saturated heterocycles. The Labute approximate surface area is 122 Å². The van der Waals surface area contributed by atoms with E-state index in [1.165, 1.54) is 24.7 Å². The van der Waals surface area contributed by atoms with Gasteiger partial charge in [0, 0.05) is 18.7 Å². The molecule has 0 bridgehead atoms. The first-order valence-electron chi connectivity index (χ1n) is 6.20. The fraction of sp³-hybridized carbons (Fsp3) is 0.214. The van der Waals surface area contributed by atoms with E-state index < -0.39 is 21.4 Å². The molecular formula is C14H13FN2O3S. The highest BCUT2D eigenvalue weighted by molar-refractivity contribution is 7.89. The van der Waals surface area contributed by atoms with Gasteiger partial charge in [-0.05, 0) is 18.2 Å². The van der Waals surface area contributed by atoms with Gasteiger partial charge in [-0.3, -0.25) is 0 Å². The van der Waals surface area contributed by atoms with E-state index in [9.17, 15) is 12.8 Å². The average Bonchev–Trinajstić information content (AvgIpc) is 2.97. The summed E-state index contributed by atoms with van der Waals surface area (Å²) in [6.07, 6.45) is 2.88. The Hall–Kier alpha value is -2.17. The van der Waals surface area contributed by atoms with Crippen LogP contribution in [0.3, 0.4) is 0 Å². The van der Waals surface area contributed by atoms with E-state index in [4.69, 9.17) is 9.68 Å². The highest BCUT2D eigenvalue weighted by Crippen LogP contribution is 2.23. The Balaban J connectivity index is 2.45. The van der Waals surface area contributed by atoms with Crippen LogP contribution in [0.5, 0.6) is 0 Å². The van der Waals surface area contributed by atoms with E-state index in [0.717, 1.165) is 10.4 Å². The third-order valence-electron chi connectivity index (χ3n) is 3.00. The average molecular weight is 308 g/mol. The van der Waals surface area contributed by atoms with Crippen molar-refractivity contribution in [3.63, 3.8) is 0 Å². The summed E-state index contributed by atoms with van der Waals surface area (Å²) in [5.41, 5.74) is 0.207. The first kappa shape index (κ1) is 15.2. The Morgan fingerprint density at radius 2 is 2.14 bits per heavy atom. The molecule has 0 aliphatic rings. The van der Waals surface area contributed by atoms with Gasteiger partial charge in [-0.2, -0.15) is 9.57 Å². The molecule has 0 unspecified atom stereocenters. The highest BCUT2D eigenvalue weighted by atomic mass is 32.2. The topological polar surface area (TPSA) is 74.3 Å². The number of hydrogen-bond acceptors (Lipinski definition) is 4. The van der Waals surface area contributed by atoms with Gasteiger partial charge in [0.1, 0.15) is 22.3 Å². The third-order valence-corrected chi connectivity index (χ3v) is 4.96. The first-order chi connectivity index (χ1) is 10.0. The number of hydrogen-bond donors (Lipinski definition) is 0. The van der Waals surface area contributed by atoms with E-state index in [1.807, 2.05) is 0 Å². The van der Waals surface area contributed by atoms with Crippen LogP contribution in [0.1, 0.15) is 18.1 Å².